The predicted octanol–water partition coefficient (Wildman–Crippen LogP) is 4.09. The molecule has 0 aliphatic carbocycles. The summed E-state index contributed by atoms with van der Waals surface area (Å²) >= 11 is 0. The number of aromatic nitrogens is 2. The van der Waals surface area contributed by atoms with Gasteiger partial charge in [-0.2, -0.15) is 0 Å². The number of nitrogens with zero attached hydrogens (tertiary/aromatic N) is 3. The molecule has 7 heteroatoms. The summed E-state index contributed by atoms with van der Waals surface area (Å²) in [4.78, 5) is 25.1. The standard InChI is InChI=1S/C22H24N4O.2ClH/c1-14-6-3-4-8-17(14)20-18-13-26(12-16(18)11-25(20)2)22(27)19-10-15-7-5-9-23-21(15)24-19;;/h3-10,16,18,20H,11-13H2,1-2H3,(H,23,24);2*1H/t16-,18+,20-;;/m0../s1. The number of pyridine rings is 1. The Morgan fingerprint density at radius 2 is 1.90 bits per heavy atom. The number of carbonyl (C=O) groups excluding carboxylic acids is 1. The highest BCUT2D eigenvalue weighted by Crippen LogP contribution is 2.45. The summed E-state index contributed by atoms with van der Waals surface area (Å²) in [7, 11) is 2.21. The molecule has 29 heavy (non-hydrogen) atoms. The van der Waals surface area contributed by atoms with Crippen LogP contribution in [-0.2, 0) is 0 Å². The van der Waals surface area contributed by atoms with Gasteiger partial charge in [-0.3, -0.25) is 9.69 Å². The molecule has 1 aromatic carbocycles. The minimum atomic E-state index is 0. The van der Waals surface area contributed by atoms with Crippen LogP contribution in [-0.4, -0.2) is 52.4 Å². The third kappa shape index (κ3) is 3.63. The smallest absolute Gasteiger partial charge is 0.270 e. The van der Waals surface area contributed by atoms with E-state index in [-0.39, 0.29) is 30.7 Å². The predicted molar refractivity (Wildman–Crippen MR) is 120 cm³/mol. The molecule has 2 saturated heterocycles. The zero-order valence-electron chi connectivity index (χ0n) is 16.5. The lowest BCUT2D eigenvalue weighted by molar-refractivity contribution is 0.0763. The summed E-state index contributed by atoms with van der Waals surface area (Å²) in [6.07, 6.45) is 1.75. The van der Waals surface area contributed by atoms with Crippen molar-refractivity contribution in [3.8, 4) is 0 Å². The van der Waals surface area contributed by atoms with Crippen molar-refractivity contribution in [3.63, 3.8) is 0 Å². The van der Waals surface area contributed by atoms with Crippen molar-refractivity contribution in [2.24, 2.45) is 11.8 Å². The number of likely N-dealkylation sites (tertiary alicyclic amines) is 2. The molecule has 0 saturated carbocycles. The molecule has 5 rings (SSSR count). The Balaban J connectivity index is 0.00000120. The van der Waals surface area contributed by atoms with Crippen LogP contribution in [0, 0.1) is 18.8 Å². The molecule has 3 atom stereocenters. The first kappa shape index (κ1) is 21.6. The largest absolute Gasteiger partial charge is 0.337 e. The van der Waals surface area contributed by atoms with Crippen molar-refractivity contribution >= 4 is 41.8 Å². The first-order valence-electron chi connectivity index (χ1n) is 9.60. The molecule has 2 aliphatic heterocycles. The van der Waals surface area contributed by atoms with Crippen LogP contribution in [0.5, 0.6) is 0 Å². The molecular formula is C22H26Cl2N4O. The summed E-state index contributed by atoms with van der Waals surface area (Å²) in [5.41, 5.74) is 4.15. The Labute approximate surface area is 183 Å². The van der Waals surface area contributed by atoms with E-state index in [0.717, 1.165) is 30.7 Å². The highest BCUT2D eigenvalue weighted by Gasteiger charge is 2.47. The fourth-order valence-corrected chi connectivity index (χ4v) is 5.05. The van der Waals surface area contributed by atoms with E-state index in [4.69, 9.17) is 0 Å². The van der Waals surface area contributed by atoms with Crippen LogP contribution < -0.4 is 0 Å². The van der Waals surface area contributed by atoms with E-state index < -0.39 is 0 Å². The quantitative estimate of drug-likeness (QED) is 0.663. The Morgan fingerprint density at radius 3 is 2.66 bits per heavy atom. The highest BCUT2D eigenvalue weighted by molar-refractivity contribution is 5.97. The van der Waals surface area contributed by atoms with Gasteiger partial charge in [0.1, 0.15) is 11.3 Å². The van der Waals surface area contributed by atoms with Crippen molar-refractivity contribution in [1.29, 1.82) is 0 Å². The van der Waals surface area contributed by atoms with Crippen LogP contribution in [0.25, 0.3) is 11.0 Å². The van der Waals surface area contributed by atoms with E-state index in [1.807, 2.05) is 23.1 Å². The van der Waals surface area contributed by atoms with Crippen LogP contribution in [0.15, 0.2) is 48.7 Å². The van der Waals surface area contributed by atoms with Crippen LogP contribution in [0.3, 0.4) is 0 Å². The van der Waals surface area contributed by atoms with Gasteiger partial charge in [0.15, 0.2) is 0 Å². The number of aromatic amines is 1. The molecule has 154 valence electrons. The van der Waals surface area contributed by atoms with Gasteiger partial charge in [-0.05, 0) is 49.2 Å². The second kappa shape index (κ2) is 8.34. The molecule has 2 fully saturated rings. The molecule has 1 amide bonds. The third-order valence-corrected chi connectivity index (χ3v) is 6.31. The second-order valence-electron chi connectivity index (χ2n) is 8.00. The monoisotopic (exact) mass is 432 g/mol. The Bertz CT molecular complexity index is 988. The van der Waals surface area contributed by atoms with Gasteiger partial charge >= 0.3 is 0 Å². The average molecular weight is 433 g/mol. The summed E-state index contributed by atoms with van der Waals surface area (Å²) in [6, 6.07) is 14.8. The first-order valence-corrected chi connectivity index (χ1v) is 9.60. The van der Waals surface area contributed by atoms with Gasteiger partial charge in [-0.1, -0.05) is 24.3 Å². The van der Waals surface area contributed by atoms with Gasteiger partial charge in [-0.15, -0.1) is 24.8 Å². The average Bonchev–Trinajstić information content (AvgIpc) is 3.34. The molecule has 0 unspecified atom stereocenters. The zero-order chi connectivity index (χ0) is 18.5. The van der Waals surface area contributed by atoms with E-state index in [2.05, 4.69) is 53.1 Å². The number of amides is 1. The number of hydrogen-bond donors (Lipinski definition) is 1. The SMILES string of the molecule is Cc1ccccc1[C@H]1[C@@H]2CN(C(=O)c3cc4cccnc4[nH]3)C[C@@H]2CN1C.Cl.Cl. The highest BCUT2D eigenvalue weighted by atomic mass is 35.5. The molecule has 4 heterocycles. The van der Waals surface area contributed by atoms with Crippen LogP contribution in [0.4, 0.5) is 0 Å². The number of hydrogen-bond acceptors (Lipinski definition) is 3. The lowest BCUT2D eigenvalue weighted by Crippen LogP contribution is -2.33. The fourth-order valence-electron chi connectivity index (χ4n) is 5.05. The molecule has 0 bridgehead atoms. The molecule has 2 aromatic heterocycles. The lowest BCUT2D eigenvalue weighted by atomic mass is 9.88. The van der Waals surface area contributed by atoms with E-state index >= 15 is 0 Å². The van der Waals surface area contributed by atoms with Crippen LogP contribution >= 0.6 is 24.8 Å². The molecule has 1 N–H and O–H groups in total. The number of H-pyrrole nitrogens is 1. The molecule has 2 aliphatic rings. The summed E-state index contributed by atoms with van der Waals surface area (Å²) in [5, 5.41) is 0.984. The Morgan fingerprint density at radius 1 is 1.10 bits per heavy atom. The normalized spacial score (nSPS) is 23.5. The van der Waals surface area contributed by atoms with Crippen molar-refractivity contribution < 1.29 is 4.79 Å². The summed E-state index contributed by atoms with van der Waals surface area (Å²) in [5.74, 6) is 1.11. The number of rotatable bonds is 2. The van der Waals surface area contributed by atoms with Gasteiger partial charge in [0.2, 0.25) is 0 Å². The van der Waals surface area contributed by atoms with Crippen molar-refractivity contribution in [2.75, 3.05) is 26.7 Å². The number of benzene rings is 1. The maximum absolute atomic E-state index is 13.1. The maximum atomic E-state index is 13.1. The molecule has 5 nitrogen and oxygen atoms in total. The Kier molecular flexibility index (Phi) is 6.22. The molecular weight excluding hydrogens is 407 g/mol. The van der Waals surface area contributed by atoms with Gasteiger partial charge in [0.25, 0.3) is 5.91 Å². The second-order valence-corrected chi connectivity index (χ2v) is 8.00. The molecule has 0 spiro atoms. The van der Waals surface area contributed by atoms with E-state index in [0.29, 0.717) is 23.6 Å². The summed E-state index contributed by atoms with van der Waals surface area (Å²) in [6.45, 7) is 4.88. The van der Waals surface area contributed by atoms with Crippen molar-refractivity contribution in [1.82, 2.24) is 19.8 Å². The maximum Gasteiger partial charge on any atom is 0.270 e. The van der Waals surface area contributed by atoms with E-state index in [9.17, 15) is 4.79 Å². The lowest BCUT2D eigenvalue weighted by Gasteiger charge is -2.28. The third-order valence-electron chi connectivity index (χ3n) is 6.31. The van der Waals surface area contributed by atoms with Crippen molar-refractivity contribution in [3.05, 3.63) is 65.5 Å². The first-order chi connectivity index (χ1) is 13.1. The minimum Gasteiger partial charge on any atom is -0.337 e. The van der Waals surface area contributed by atoms with Crippen LogP contribution in [0.2, 0.25) is 0 Å². The number of nitrogens with one attached hydrogen (secondary N) is 1. The van der Waals surface area contributed by atoms with Gasteiger partial charge in [0, 0.05) is 43.2 Å². The minimum absolute atomic E-state index is 0. The number of fused-ring (bicyclic) bond motifs is 2. The topological polar surface area (TPSA) is 52.2 Å². The number of carbonyl (C=O) groups is 1. The zero-order valence-corrected chi connectivity index (χ0v) is 18.2. The van der Waals surface area contributed by atoms with Gasteiger partial charge in [-0.25, -0.2) is 4.98 Å². The van der Waals surface area contributed by atoms with Gasteiger partial charge < -0.3 is 9.88 Å². The van der Waals surface area contributed by atoms with E-state index in [1.54, 1.807) is 6.20 Å². The van der Waals surface area contributed by atoms with E-state index in [1.165, 1.54) is 11.1 Å². The van der Waals surface area contributed by atoms with Crippen LogP contribution in [0.1, 0.15) is 27.7 Å². The van der Waals surface area contributed by atoms with Gasteiger partial charge in [0.05, 0.1) is 0 Å². The number of halogens is 2. The van der Waals surface area contributed by atoms with Crippen molar-refractivity contribution in [2.45, 2.75) is 13.0 Å². The fraction of sp³-hybridized carbons (Fsp3) is 0.364. The number of aryl methyl sites for hydroxylation is 1. The molecule has 0 radical (unpaired) electrons. The molecule has 3 aromatic rings. The Hall–Kier alpha value is -2.08. The summed E-state index contributed by atoms with van der Waals surface area (Å²) < 4.78 is 0.